The van der Waals surface area contributed by atoms with Gasteiger partial charge in [-0.3, -0.25) is 9.59 Å². The Hall–Kier alpha value is -1.10. The summed E-state index contributed by atoms with van der Waals surface area (Å²) in [5.41, 5.74) is 5.54. The molecule has 2 heterocycles. The van der Waals surface area contributed by atoms with Crippen LogP contribution in [-0.4, -0.2) is 42.9 Å². The second-order valence-corrected chi connectivity index (χ2v) is 5.05. The van der Waals surface area contributed by atoms with Crippen LogP contribution in [0, 0.1) is 11.8 Å². The van der Waals surface area contributed by atoms with Gasteiger partial charge in [0.25, 0.3) is 0 Å². The molecule has 0 bridgehead atoms. The molecule has 2 aliphatic heterocycles. The fourth-order valence-electron chi connectivity index (χ4n) is 2.72. The van der Waals surface area contributed by atoms with E-state index in [1.165, 1.54) is 0 Å². The van der Waals surface area contributed by atoms with E-state index in [0.29, 0.717) is 18.9 Å². The Balaban J connectivity index is 1.80. The van der Waals surface area contributed by atoms with Crippen LogP contribution in [0.4, 0.5) is 0 Å². The third kappa shape index (κ3) is 2.97. The maximum absolute atomic E-state index is 12.1. The molecule has 0 spiro atoms. The number of rotatable bonds is 3. The molecule has 2 rings (SSSR count). The molecule has 0 aromatic carbocycles. The average Bonchev–Trinajstić information content (AvgIpc) is 2.76. The van der Waals surface area contributed by atoms with E-state index in [4.69, 9.17) is 5.73 Å². The number of hydrogen-bond acceptors (Lipinski definition) is 3. The predicted molar refractivity (Wildman–Crippen MR) is 64.1 cm³/mol. The summed E-state index contributed by atoms with van der Waals surface area (Å²) in [6.07, 6.45) is 3.53. The molecule has 0 aromatic heterocycles. The fourth-order valence-corrected chi connectivity index (χ4v) is 2.72. The largest absolute Gasteiger partial charge is 0.355 e. The summed E-state index contributed by atoms with van der Waals surface area (Å²) in [6.45, 7) is 2.91. The van der Waals surface area contributed by atoms with Crippen molar-refractivity contribution < 1.29 is 9.59 Å². The van der Waals surface area contributed by atoms with Crippen molar-refractivity contribution >= 4 is 11.8 Å². The van der Waals surface area contributed by atoms with Gasteiger partial charge >= 0.3 is 0 Å². The first kappa shape index (κ1) is 12.4. The highest BCUT2D eigenvalue weighted by atomic mass is 16.2. The van der Waals surface area contributed by atoms with Gasteiger partial charge in [-0.15, -0.1) is 0 Å². The number of nitrogens with one attached hydrogen (secondary N) is 1. The number of hydrogen-bond donors (Lipinski definition) is 2. The molecule has 1 unspecified atom stereocenters. The lowest BCUT2D eigenvalue weighted by atomic mass is 9.92. The Morgan fingerprint density at radius 2 is 2.12 bits per heavy atom. The van der Waals surface area contributed by atoms with Crippen molar-refractivity contribution in [3.63, 3.8) is 0 Å². The van der Waals surface area contributed by atoms with Crippen LogP contribution in [0.25, 0.3) is 0 Å². The smallest absolute Gasteiger partial charge is 0.227 e. The maximum atomic E-state index is 12.1. The van der Waals surface area contributed by atoms with Gasteiger partial charge in [-0.05, 0) is 31.7 Å². The molecule has 0 aromatic rings. The van der Waals surface area contributed by atoms with Gasteiger partial charge in [-0.2, -0.15) is 0 Å². The van der Waals surface area contributed by atoms with Crippen molar-refractivity contribution in [2.45, 2.75) is 25.7 Å². The average molecular weight is 239 g/mol. The number of carbonyl (C=O) groups excluding carboxylic acids is 2. The van der Waals surface area contributed by atoms with Crippen LogP contribution in [0.5, 0.6) is 0 Å². The van der Waals surface area contributed by atoms with Gasteiger partial charge in [0.1, 0.15) is 0 Å². The SMILES string of the molecule is NCCC1CCN(C(=O)C2CNC(=O)C2)CC1. The van der Waals surface area contributed by atoms with Crippen LogP contribution in [-0.2, 0) is 9.59 Å². The minimum absolute atomic E-state index is 0.00127. The number of amides is 2. The van der Waals surface area contributed by atoms with E-state index < -0.39 is 0 Å². The molecule has 5 nitrogen and oxygen atoms in total. The zero-order chi connectivity index (χ0) is 12.3. The van der Waals surface area contributed by atoms with Crippen LogP contribution in [0.1, 0.15) is 25.7 Å². The zero-order valence-electron chi connectivity index (χ0n) is 10.2. The Kier molecular flexibility index (Phi) is 3.99. The van der Waals surface area contributed by atoms with Gasteiger partial charge in [0.2, 0.25) is 11.8 Å². The highest BCUT2D eigenvalue weighted by Gasteiger charge is 2.32. The van der Waals surface area contributed by atoms with E-state index in [9.17, 15) is 9.59 Å². The molecule has 2 aliphatic rings. The normalized spacial score (nSPS) is 26.1. The first-order valence-corrected chi connectivity index (χ1v) is 6.46. The lowest BCUT2D eigenvalue weighted by Crippen LogP contribution is -2.42. The van der Waals surface area contributed by atoms with Gasteiger partial charge in [-0.25, -0.2) is 0 Å². The van der Waals surface area contributed by atoms with E-state index in [0.717, 1.165) is 38.9 Å². The van der Waals surface area contributed by atoms with Crippen LogP contribution < -0.4 is 11.1 Å². The Morgan fingerprint density at radius 3 is 2.65 bits per heavy atom. The Labute approximate surface area is 102 Å². The third-order valence-corrected chi connectivity index (χ3v) is 3.83. The quantitative estimate of drug-likeness (QED) is 0.710. The topological polar surface area (TPSA) is 75.4 Å². The molecule has 3 N–H and O–H groups in total. The predicted octanol–water partition coefficient (Wildman–Crippen LogP) is -0.290. The summed E-state index contributed by atoms with van der Waals surface area (Å²) in [7, 11) is 0. The molecular formula is C12H21N3O2. The standard InChI is InChI=1S/C12H21N3O2/c13-4-1-9-2-5-15(6-3-9)12(17)10-7-11(16)14-8-10/h9-10H,1-8,13H2,(H,14,16). The number of nitrogens with zero attached hydrogens (tertiary/aromatic N) is 1. The highest BCUT2D eigenvalue weighted by Crippen LogP contribution is 2.22. The lowest BCUT2D eigenvalue weighted by Gasteiger charge is -2.33. The lowest BCUT2D eigenvalue weighted by molar-refractivity contribution is -0.137. The second-order valence-electron chi connectivity index (χ2n) is 5.05. The van der Waals surface area contributed by atoms with Gasteiger partial charge < -0.3 is 16.0 Å². The summed E-state index contributed by atoms with van der Waals surface area (Å²) in [5.74, 6) is 0.692. The molecule has 0 aliphatic carbocycles. The van der Waals surface area contributed by atoms with Gasteiger partial charge in [0.15, 0.2) is 0 Å². The van der Waals surface area contributed by atoms with Crippen LogP contribution in [0.3, 0.4) is 0 Å². The second kappa shape index (κ2) is 5.49. The zero-order valence-corrected chi connectivity index (χ0v) is 10.2. The Bertz CT molecular complexity index is 298. The van der Waals surface area contributed by atoms with E-state index in [1.807, 2.05) is 4.90 Å². The number of carbonyl (C=O) groups is 2. The first-order valence-electron chi connectivity index (χ1n) is 6.46. The minimum atomic E-state index is -0.131. The monoisotopic (exact) mass is 239 g/mol. The summed E-state index contributed by atoms with van der Waals surface area (Å²) in [4.78, 5) is 25.1. The number of likely N-dealkylation sites (tertiary alicyclic amines) is 1. The first-order chi connectivity index (χ1) is 8.20. The number of piperidine rings is 1. The van der Waals surface area contributed by atoms with Crippen LogP contribution in [0.15, 0.2) is 0 Å². The van der Waals surface area contributed by atoms with E-state index in [2.05, 4.69) is 5.32 Å². The number of nitrogens with two attached hydrogens (primary N) is 1. The summed E-state index contributed by atoms with van der Waals surface area (Å²) in [6, 6.07) is 0. The van der Waals surface area contributed by atoms with Crippen molar-refractivity contribution in [1.82, 2.24) is 10.2 Å². The van der Waals surface area contributed by atoms with Crippen molar-refractivity contribution in [1.29, 1.82) is 0 Å². The highest BCUT2D eigenvalue weighted by molar-refractivity contribution is 5.89. The maximum Gasteiger partial charge on any atom is 0.227 e. The summed E-state index contributed by atoms with van der Waals surface area (Å²) < 4.78 is 0. The van der Waals surface area contributed by atoms with Crippen molar-refractivity contribution in [2.75, 3.05) is 26.2 Å². The molecular weight excluding hydrogens is 218 g/mol. The van der Waals surface area contributed by atoms with Gasteiger partial charge in [0.05, 0.1) is 5.92 Å². The van der Waals surface area contributed by atoms with Crippen molar-refractivity contribution in [3.05, 3.63) is 0 Å². The molecule has 2 fully saturated rings. The van der Waals surface area contributed by atoms with Crippen molar-refractivity contribution in [3.8, 4) is 0 Å². The minimum Gasteiger partial charge on any atom is -0.355 e. The molecule has 5 heteroatoms. The van der Waals surface area contributed by atoms with Gasteiger partial charge in [-0.1, -0.05) is 0 Å². The van der Waals surface area contributed by atoms with E-state index in [1.54, 1.807) is 0 Å². The molecule has 0 radical (unpaired) electrons. The van der Waals surface area contributed by atoms with Gasteiger partial charge in [0, 0.05) is 26.1 Å². The summed E-state index contributed by atoms with van der Waals surface area (Å²) in [5, 5.41) is 2.72. The van der Waals surface area contributed by atoms with E-state index in [-0.39, 0.29) is 17.7 Å². The third-order valence-electron chi connectivity index (χ3n) is 3.83. The van der Waals surface area contributed by atoms with Crippen LogP contribution >= 0.6 is 0 Å². The summed E-state index contributed by atoms with van der Waals surface area (Å²) >= 11 is 0. The molecule has 2 saturated heterocycles. The van der Waals surface area contributed by atoms with E-state index >= 15 is 0 Å². The molecule has 96 valence electrons. The molecule has 17 heavy (non-hydrogen) atoms. The Morgan fingerprint density at radius 1 is 1.41 bits per heavy atom. The fraction of sp³-hybridized carbons (Fsp3) is 0.833. The van der Waals surface area contributed by atoms with Crippen LogP contribution in [0.2, 0.25) is 0 Å². The van der Waals surface area contributed by atoms with Crippen molar-refractivity contribution in [2.24, 2.45) is 17.6 Å². The molecule has 2 amide bonds. The molecule has 1 atom stereocenters. The molecule has 0 saturated carbocycles.